The minimum Gasteiger partial charge on any atom is -0.454 e. The number of aryl methyl sites for hydroxylation is 3. The summed E-state index contributed by atoms with van der Waals surface area (Å²) in [4.78, 5) is 28.3. The molecule has 7 nitrogen and oxygen atoms in total. The van der Waals surface area contributed by atoms with Crippen LogP contribution in [0.2, 0.25) is 0 Å². The van der Waals surface area contributed by atoms with Gasteiger partial charge in [0, 0.05) is 11.1 Å². The summed E-state index contributed by atoms with van der Waals surface area (Å²) in [6.45, 7) is 5.58. The summed E-state index contributed by atoms with van der Waals surface area (Å²) < 4.78 is 10.2. The number of hydrogen-bond donors (Lipinski definition) is 1. The number of hydrogen-bond acceptors (Lipinski definition) is 6. The van der Waals surface area contributed by atoms with Gasteiger partial charge in [-0.15, -0.1) is 0 Å². The van der Waals surface area contributed by atoms with Gasteiger partial charge in [-0.2, -0.15) is 4.98 Å². The fraction of sp³-hybridized carbons (Fsp3) is 0.273. The third-order valence-electron chi connectivity index (χ3n) is 4.61. The van der Waals surface area contributed by atoms with E-state index in [1.54, 1.807) is 12.1 Å². The van der Waals surface area contributed by atoms with Gasteiger partial charge in [0.15, 0.2) is 6.61 Å². The summed E-state index contributed by atoms with van der Waals surface area (Å²) >= 11 is 0. The first-order valence-corrected chi connectivity index (χ1v) is 9.39. The van der Waals surface area contributed by atoms with Crippen molar-refractivity contribution in [3.63, 3.8) is 0 Å². The maximum Gasteiger partial charge on any atom is 0.325 e. The molecule has 1 amide bonds. The smallest absolute Gasteiger partial charge is 0.325 e. The Morgan fingerprint density at radius 3 is 2.52 bits per heavy atom. The van der Waals surface area contributed by atoms with Crippen LogP contribution in [0, 0.1) is 13.8 Å². The first kappa shape index (κ1) is 20.3. The Balaban J connectivity index is 1.48. The van der Waals surface area contributed by atoms with Gasteiger partial charge in [0.25, 0.3) is 11.8 Å². The fourth-order valence-electron chi connectivity index (χ4n) is 2.65. The standard InChI is InChI=1S/C22H23N3O4/c1-4-16-6-9-17(10-7-16)21-24-19(29-25-21)13-28-20(26)12-23-22(27)18-8-5-14(2)15(3)11-18/h5-11H,4,12-13H2,1-3H3,(H,23,27). The lowest BCUT2D eigenvalue weighted by Gasteiger charge is -2.07. The highest BCUT2D eigenvalue weighted by atomic mass is 16.6. The van der Waals surface area contributed by atoms with E-state index in [4.69, 9.17) is 9.26 Å². The van der Waals surface area contributed by atoms with E-state index in [9.17, 15) is 9.59 Å². The maximum atomic E-state index is 12.1. The predicted molar refractivity (Wildman–Crippen MR) is 107 cm³/mol. The monoisotopic (exact) mass is 393 g/mol. The van der Waals surface area contributed by atoms with Crippen LogP contribution < -0.4 is 5.32 Å². The Morgan fingerprint density at radius 2 is 1.83 bits per heavy atom. The van der Waals surface area contributed by atoms with Crippen molar-refractivity contribution >= 4 is 11.9 Å². The molecular weight excluding hydrogens is 370 g/mol. The quantitative estimate of drug-likeness (QED) is 0.619. The predicted octanol–water partition coefficient (Wildman–Crippen LogP) is 3.39. The van der Waals surface area contributed by atoms with Crippen LogP contribution in [0.5, 0.6) is 0 Å². The van der Waals surface area contributed by atoms with E-state index in [0.717, 1.165) is 23.1 Å². The van der Waals surface area contributed by atoms with Crippen molar-refractivity contribution in [2.45, 2.75) is 33.8 Å². The lowest BCUT2D eigenvalue weighted by molar-refractivity contribution is -0.144. The van der Waals surface area contributed by atoms with E-state index in [0.29, 0.717) is 11.4 Å². The number of carbonyl (C=O) groups excluding carboxylic acids is 2. The fourth-order valence-corrected chi connectivity index (χ4v) is 2.65. The molecule has 3 rings (SSSR count). The normalized spacial score (nSPS) is 10.6. The van der Waals surface area contributed by atoms with Crippen molar-refractivity contribution in [2.75, 3.05) is 6.54 Å². The third-order valence-corrected chi connectivity index (χ3v) is 4.61. The van der Waals surface area contributed by atoms with E-state index in [-0.39, 0.29) is 24.9 Å². The van der Waals surface area contributed by atoms with Gasteiger partial charge in [-0.05, 0) is 49.1 Å². The molecule has 0 saturated carbocycles. The van der Waals surface area contributed by atoms with Crippen molar-refractivity contribution in [1.29, 1.82) is 0 Å². The van der Waals surface area contributed by atoms with Gasteiger partial charge in [0.2, 0.25) is 5.82 Å². The molecule has 29 heavy (non-hydrogen) atoms. The van der Waals surface area contributed by atoms with Crippen LogP contribution >= 0.6 is 0 Å². The zero-order valence-corrected chi connectivity index (χ0v) is 16.7. The topological polar surface area (TPSA) is 94.3 Å². The lowest BCUT2D eigenvalue weighted by Crippen LogP contribution is -2.30. The Morgan fingerprint density at radius 1 is 1.07 bits per heavy atom. The lowest BCUT2D eigenvalue weighted by atomic mass is 10.1. The summed E-state index contributed by atoms with van der Waals surface area (Å²) in [6.07, 6.45) is 0.952. The second-order valence-electron chi connectivity index (χ2n) is 6.70. The molecule has 2 aromatic carbocycles. The Bertz CT molecular complexity index is 1010. The Hall–Kier alpha value is -3.48. The molecule has 7 heteroatoms. The number of ether oxygens (including phenoxy) is 1. The molecule has 0 aliphatic rings. The maximum absolute atomic E-state index is 12.1. The number of aromatic nitrogens is 2. The molecule has 150 valence electrons. The summed E-state index contributed by atoms with van der Waals surface area (Å²) in [5.41, 5.74) is 4.65. The molecule has 1 aromatic heterocycles. The molecule has 1 heterocycles. The molecule has 0 saturated heterocycles. The molecule has 0 spiro atoms. The SMILES string of the molecule is CCc1ccc(-c2noc(COC(=O)CNC(=O)c3ccc(C)c(C)c3)n2)cc1. The average molecular weight is 393 g/mol. The first-order chi connectivity index (χ1) is 14.0. The first-order valence-electron chi connectivity index (χ1n) is 9.39. The molecule has 0 unspecified atom stereocenters. The van der Waals surface area contributed by atoms with Crippen LogP contribution in [0.1, 0.15) is 39.9 Å². The number of benzene rings is 2. The van der Waals surface area contributed by atoms with E-state index in [1.165, 1.54) is 5.56 Å². The Labute approximate surface area is 169 Å². The van der Waals surface area contributed by atoms with Crippen LogP contribution in [0.15, 0.2) is 47.0 Å². The summed E-state index contributed by atoms with van der Waals surface area (Å²) in [6, 6.07) is 13.2. The second-order valence-corrected chi connectivity index (χ2v) is 6.70. The van der Waals surface area contributed by atoms with E-state index < -0.39 is 5.97 Å². The zero-order chi connectivity index (χ0) is 20.8. The molecule has 0 aliphatic carbocycles. The van der Waals surface area contributed by atoms with E-state index >= 15 is 0 Å². The molecule has 1 N–H and O–H groups in total. The van der Waals surface area contributed by atoms with Crippen molar-refractivity contribution in [2.24, 2.45) is 0 Å². The molecule has 0 aliphatic heterocycles. The zero-order valence-electron chi connectivity index (χ0n) is 16.7. The molecule has 0 fully saturated rings. The number of esters is 1. The van der Waals surface area contributed by atoms with Crippen LogP contribution in [-0.4, -0.2) is 28.6 Å². The summed E-state index contributed by atoms with van der Waals surface area (Å²) in [7, 11) is 0. The highest BCUT2D eigenvalue weighted by molar-refractivity contribution is 5.96. The van der Waals surface area contributed by atoms with Gasteiger partial charge in [-0.1, -0.05) is 42.4 Å². The molecule has 0 atom stereocenters. The van der Waals surface area contributed by atoms with Crippen molar-refractivity contribution in [3.05, 3.63) is 70.6 Å². The second kappa shape index (κ2) is 9.14. The third kappa shape index (κ3) is 5.28. The summed E-state index contributed by atoms with van der Waals surface area (Å²) in [5, 5.41) is 6.45. The van der Waals surface area contributed by atoms with E-state index in [1.807, 2.05) is 44.2 Å². The van der Waals surface area contributed by atoms with Gasteiger partial charge >= 0.3 is 5.97 Å². The minimum absolute atomic E-state index is 0.154. The van der Waals surface area contributed by atoms with Crippen LogP contribution in [0.4, 0.5) is 0 Å². The van der Waals surface area contributed by atoms with Gasteiger partial charge in [0.05, 0.1) is 0 Å². The van der Waals surface area contributed by atoms with Crippen molar-refractivity contribution in [1.82, 2.24) is 15.5 Å². The highest BCUT2D eigenvalue weighted by Gasteiger charge is 2.13. The van der Waals surface area contributed by atoms with E-state index in [2.05, 4.69) is 22.4 Å². The van der Waals surface area contributed by atoms with Crippen molar-refractivity contribution in [3.8, 4) is 11.4 Å². The van der Waals surface area contributed by atoms with Gasteiger partial charge in [0.1, 0.15) is 6.54 Å². The van der Waals surface area contributed by atoms with Crippen LogP contribution in [0.25, 0.3) is 11.4 Å². The number of nitrogens with one attached hydrogen (secondary N) is 1. The van der Waals surface area contributed by atoms with Gasteiger partial charge in [-0.25, -0.2) is 0 Å². The molecule has 0 radical (unpaired) electrons. The number of carbonyl (C=O) groups is 2. The molecule has 3 aromatic rings. The highest BCUT2D eigenvalue weighted by Crippen LogP contribution is 2.17. The number of rotatable bonds is 7. The number of nitrogens with zero attached hydrogens (tertiary/aromatic N) is 2. The summed E-state index contributed by atoms with van der Waals surface area (Å²) in [5.74, 6) is -0.301. The van der Waals surface area contributed by atoms with Crippen molar-refractivity contribution < 1.29 is 18.8 Å². The van der Waals surface area contributed by atoms with Gasteiger partial charge in [-0.3, -0.25) is 9.59 Å². The van der Waals surface area contributed by atoms with Crippen LogP contribution in [-0.2, 0) is 22.6 Å². The molecule has 0 bridgehead atoms. The van der Waals surface area contributed by atoms with Crippen LogP contribution in [0.3, 0.4) is 0 Å². The van der Waals surface area contributed by atoms with Gasteiger partial charge < -0.3 is 14.6 Å². The average Bonchev–Trinajstić information content (AvgIpc) is 3.21. The number of amides is 1. The Kier molecular flexibility index (Phi) is 6.39. The molecular formula is C22H23N3O4. The largest absolute Gasteiger partial charge is 0.454 e. The minimum atomic E-state index is -0.589.